The number of nitrogens with zero attached hydrogens (tertiary/aromatic N) is 2. The van der Waals surface area contributed by atoms with E-state index in [2.05, 4.69) is 20.8 Å². The number of anilines is 1. The quantitative estimate of drug-likeness (QED) is 0.519. The molecule has 0 radical (unpaired) electrons. The Balaban J connectivity index is 1.96. The van der Waals surface area contributed by atoms with Gasteiger partial charge in [-0.25, -0.2) is 4.79 Å². The van der Waals surface area contributed by atoms with Crippen LogP contribution in [-0.4, -0.2) is 33.3 Å². The van der Waals surface area contributed by atoms with Gasteiger partial charge in [0.1, 0.15) is 11.4 Å². The number of benzene rings is 1. The van der Waals surface area contributed by atoms with Crippen molar-refractivity contribution in [1.82, 2.24) is 9.13 Å². The van der Waals surface area contributed by atoms with Gasteiger partial charge in [-0.05, 0) is 11.0 Å². The van der Waals surface area contributed by atoms with Gasteiger partial charge in [-0.3, -0.25) is 28.3 Å². The van der Waals surface area contributed by atoms with E-state index in [4.69, 9.17) is 10.5 Å². The number of carbonyl (C=O) groups excluding carboxylic acids is 3. The SMILES string of the molecule is Cn1c(N)c(C(=O)COC(=O)CCC(=O)c2ccc(C(C)(C)C)cc2)c(=O)n(C)c1=O. The summed E-state index contributed by atoms with van der Waals surface area (Å²) in [5.74, 6) is -2.11. The van der Waals surface area contributed by atoms with Crippen LogP contribution in [0.2, 0.25) is 0 Å². The molecule has 1 aromatic heterocycles. The normalized spacial score (nSPS) is 11.3. The molecule has 0 aliphatic carbocycles. The molecule has 9 nitrogen and oxygen atoms in total. The van der Waals surface area contributed by atoms with Crippen molar-refractivity contribution in [3.63, 3.8) is 0 Å². The molecule has 0 amide bonds. The lowest BCUT2D eigenvalue weighted by Crippen LogP contribution is -2.42. The monoisotopic (exact) mass is 429 g/mol. The molecule has 1 aromatic carbocycles. The molecule has 31 heavy (non-hydrogen) atoms. The number of aromatic nitrogens is 2. The van der Waals surface area contributed by atoms with Crippen LogP contribution in [0.1, 0.15) is 59.9 Å². The Morgan fingerprint density at radius 2 is 1.52 bits per heavy atom. The van der Waals surface area contributed by atoms with Crippen molar-refractivity contribution in [1.29, 1.82) is 0 Å². The topological polar surface area (TPSA) is 130 Å². The molecule has 2 aromatic rings. The molecule has 0 unspecified atom stereocenters. The minimum Gasteiger partial charge on any atom is -0.457 e. The predicted molar refractivity (Wildman–Crippen MR) is 115 cm³/mol. The van der Waals surface area contributed by atoms with E-state index in [0.29, 0.717) is 5.56 Å². The zero-order valence-electron chi connectivity index (χ0n) is 18.4. The van der Waals surface area contributed by atoms with Crippen molar-refractivity contribution in [3.8, 4) is 0 Å². The highest BCUT2D eigenvalue weighted by Crippen LogP contribution is 2.22. The van der Waals surface area contributed by atoms with Gasteiger partial charge in [0.15, 0.2) is 12.4 Å². The van der Waals surface area contributed by atoms with Crippen LogP contribution in [0.15, 0.2) is 33.9 Å². The highest BCUT2D eigenvalue weighted by molar-refractivity contribution is 6.01. The fourth-order valence-corrected chi connectivity index (χ4v) is 2.93. The molecular formula is C22H27N3O6. The van der Waals surface area contributed by atoms with Crippen LogP contribution >= 0.6 is 0 Å². The predicted octanol–water partition coefficient (Wildman–Crippen LogP) is 1.35. The Bertz CT molecular complexity index is 1130. The summed E-state index contributed by atoms with van der Waals surface area (Å²) in [5.41, 5.74) is 5.28. The van der Waals surface area contributed by atoms with Gasteiger partial charge in [0.25, 0.3) is 5.56 Å². The average molecular weight is 429 g/mol. The van der Waals surface area contributed by atoms with Gasteiger partial charge in [0.05, 0.1) is 6.42 Å². The summed E-state index contributed by atoms with van der Waals surface area (Å²) in [4.78, 5) is 60.6. The Morgan fingerprint density at radius 1 is 0.935 bits per heavy atom. The minimum absolute atomic E-state index is 0.0344. The van der Waals surface area contributed by atoms with E-state index >= 15 is 0 Å². The molecule has 166 valence electrons. The van der Waals surface area contributed by atoms with Crippen molar-refractivity contribution in [2.24, 2.45) is 14.1 Å². The van der Waals surface area contributed by atoms with Crippen LogP contribution in [0.4, 0.5) is 5.82 Å². The molecule has 0 aliphatic heterocycles. The first kappa shape index (κ1) is 23.8. The Morgan fingerprint density at radius 3 is 2.06 bits per heavy atom. The number of ether oxygens (including phenoxy) is 1. The lowest BCUT2D eigenvalue weighted by atomic mass is 9.86. The van der Waals surface area contributed by atoms with E-state index in [0.717, 1.165) is 14.7 Å². The molecule has 0 saturated heterocycles. The third kappa shape index (κ3) is 5.36. The third-order valence-electron chi connectivity index (χ3n) is 4.98. The first-order valence-corrected chi connectivity index (χ1v) is 9.72. The Hall–Kier alpha value is -3.49. The number of nitrogen functional groups attached to an aromatic ring is 1. The van der Waals surface area contributed by atoms with Crippen molar-refractivity contribution >= 4 is 23.4 Å². The summed E-state index contributed by atoms with van der Waals surface area (Å²) >= 11 is 0. The molecule has 0 spiro atoms. The summed E-state index contributed by atoms with van der Waals surface area (Å²) < 4.78 is 6.60. The second-order valence-corrected chi connectivity index (χ2v) is 8.30. The smallest absolute Gasteiger partial charge is 0.332 e. The van der Waals surface area contributed by atoms with Crippen LogP contribution < -0.4 is 17.0 Å². The molecule has 2 N–H and O–H groups in total. The number of esters is 1. The average Bonchev–Trinajstić information content (AvgIpc) is 2.72. The van der Waals surface area contributed by atoms with Gasteiger partial charge >= 0.3 is 11.7 Å². The molecule has 0 saturated carbocycles. The Labute approximate surface area is 179 Å². The number of Topliss-reactive ketones (excluding diaryl/α,β-unsaturated/α-hetero) is 2. The van der Waals surface area contributed by atoms with E-state index in [1.54, 1.807) is 12.1 Å². The van der Waals surface area contributed by atoms with E-state index in [1.807, 2.05) is 12.1 Å². The molecule has 0 bridgehead atoms. The van der Waals surface area contributed by atoms with Gasteiger partial charge in [0.2, 0.25) is 5.78 Å². The maximum atomic E-state index is 12.3. The standard InChI is InChI=1S/C22H27N3O6/c1-22(2,3)14-8-6-13(7-9-14)15(26)10-11-17(28)31-12-16(27)18-19(23)24(4)21(30)25(5)20(18)29/h6-9H,10-12,23H2,1-5H3. The van der Waals surface area contributed by atoms with E-state index < -0.39 is 35.2 Å². The molecular weight excluding hydrogens is 402 g/mol. The molecule has 9 heteroatoms. The van der Waals surface area contributed by atoms with E-state index in [1.165, 1.54) is 14.1 Å². The fourth-order valence-electron chi connectivity index (χ4n) is 2.93. The maximum absolute atomic E-state index is 12.3. The van der Waals surface area contributed by atoms with Crippen LogP contribution in [0.5, 0.6) is 0 Å². The molecule has 0 atom stereocenters. The van der Waals surface area contributed by atoms with E-state index in [-0.39, 0.29) is 29.9 Å². The first-order valence-electron chi connectivity index (χ1n) is 9.72. The zero-order valence-corrected chi connectivity index (χ0v) is 18.4. The molecule has 2 rings (SSSR count). The third-order valence-corrected chi connectivity index (χ3v) is 4.98. The maximum Gasteiger partial charge on any atom is 0.332 e. The van der Waals surface area contributed by atoms with Gasteiger partial charge < -0.3 is 10.5 Å². The number of carbonyl (C=O) groups is 3. The number of hydrogen-bond donors (Lipinski definition) is 1. The molecule has 0 fully saturated rings. The lowest BCUT2D eigenvalue weighted by molar-refractivity contribution is -0.142. The first-order chi connectivity index (χ1) is 14.3. The van der Waals surface area contributed by atoms with Crippen LogP contribution in [0, 0.1) is 0 Å². The number of hydrogen-bond acceptors (Lipinski definition) is 7. The number of rotatable bonds is 7. The fraction of sp³-hybridized carbons (Fsp3) is 0.409. The van der Waals surface area contributed by atoms with Crippen molar-refractivity contribution in [2.45, 2.75) is 39.0 Å². The number of nitrogens with two attached hydrogens (primary N) is 1. The Kier molecular flexibility index (Phi) is 6.99. The summed E-state index contributed by atoms with van der Waals surface area (Å²) in [6.07, 6.45) is -0.292. The minimum atomic E-state index is -0.865. The van der Waals surface area contributed by atoms with Gasteiger partial charge in [-0.2, -0.15) is 0 Å². The highest BCUT2D eigenvalue weighted by Gasteiger charge is 2.22. The summed E-state index contributed by atoms with van der Waals surface area (Å²) in [6, 6.07) is 7.19. The van der Waals surface area contributed by atoms with Crippen molar-refractivity contribution in [3.05, 3.63) is 61.8 Å². The van der Waals surface area contributed by atoms with Gasteiger partial charge in [-0.1, -0.05) is 45.0 Å². The lowest BCUT2D eigenvalue weighted by Gasteiger charge is -2.18. The molecule has 1 heterocycles. The van der Waals surface area contributed by atoms with E-state index in [9.17, 15) is 24.0 Å². The number of ketones is 2. The van der Waals surface area contributed by atoms with Crippen LogP contribution in [0.25, 0.3) is 0 Å². The van der Waals surface area contributed by atoms with Crippen LogP contribution in [0.3, 0.4) is 0 Å². The van der Waals surface area contributed by atoms with Gasteiger partial charge in [0, 0.05) is 26.1 Å². The molecule has 0 aliphatic rings. The largest absolute Gasteiger partial charge is 0.457 e. The zero-order chi connectivity index (χ0) is 23.5. The summed E-state index contributed by atoms with van der Waals surface area (Å²) in [5, 5.41) is 0. The second-order valence-electron chi connectivity index (χ2n) is 8.30. The van der Waals surface area contributed by atoms with Gasteiger partial charge in [-0.15, -0.1) is 0 Å². The van der Waals surface area contributed by atoms with Crippen molar-refractivity contribution in [2.75, 3.05) is 12.3 Å². The summed E-state index contributed by atoms with van der Waals surface area (Å²) in [7, 11) is 2.53. The highest BCUT2D eigenvalue weighted by atomic mass is 16.5. The second kappa shape index (κ2) is 9.11. The van der Waals surface area contributed by atoms with Crippen LogP contribution in [-0.2, 0) is 29.0 Å². The summed E-state index contributed by atoms with van der Waals surface area (Å²) in [6.45, 7) is 5.49. The van der Waals surface area contributed by atoms with Crippen molar-refractivity contribution < 1.29 is 19.1 Å².